The van der Waals surface area contributed by atoms with Crippen LogP contribution < -0.4 is 5.73 Å². The molecule has 2 N–H and O–H groups in total. The summed E-state index contributed by atoms with van der Waals surface area (Å²) in [7, 11) is 1.50. The summed E-state index contributed by atoms with van der Waals surface area (Å²) in [6.45, 7) is 0. The number of rotatable bonds is 0. The number of hydrogen-bond acceptors (Lipinski definition) is 1. The minimum atomic E-state index is 0. The van der Waals surface area contributed by atoms with Crippen LogP contribution in [-0.4, -0.2) is 46.6 Å². The summed E-state index contributed by atoms with van der Waals surface area (Å²) < 4.78 is 0. The van der Waals surface area contributed by atoms with Gasteiger partial charge >= 0.3 is 51.2 Å². The van der Waals surface area contributed by atoms with Crippen molar-refractivity contribution in [3.05, 3.63) is 0 Å². The third-order valence-electron chi connectivity index (χ3n) is 0. The number of halogens is 2. The van der Waals surface area contributed by atoms with E-state index >= 15 is 0 Å². The van der Waals surface area contributed by atoms with Crippen molar-refractivity contribution in [1.29, 1.82) is 0 Å². The van der Waals surface area contributed by atoms with Crippen LogP contribution in [0.15, 0.2) is 0 Å². The van der Waals surface area contributed by atoms with Crippen LogP contribution in [0.1, 0.15) is 0 Å². The van der Waals surface area contributed by atoms with Gasteiger partial charge in [-0.2, -0.15) is 0 Å². The molecule has 0 unspecified atom stereocenters. The van der Waals surface area contributed by atoms with Gasteiger partial charge in [-0.05, 0) is 7.05 Å². The Morgan fingerprint density at radius 2 is 1.33 bits per heavy atom. The van der Waals surface area contributed by atoms with E-state index in [2.05, 4.69) is 41.3 Å². The fraction of sp³-hybridized carbons (Fsp3) is 1.00. The van der Waals surface area contributed by atoms with E-state index in [1.54, 1.807) is 0 Å². The SMILES string of the molecule is CN.[I][Pb][I].[Sn]. The Kier molecular flexibility index (Phi) is 64.8. The molecule has 0 fully saturated rings. The van der Waals surface area contributed by atoms with Gasteiger partial charge in [0.05, 0.1) is 0 Å². The smallest absolute Gasteiger partial charge is 0 e. The van der Waals surface area contributed by atoms with Crippen LogP contribution in [0.4, 0.5) is 0 Å². The van der Waals surface area contributed by atoms with Crippen molar-refractivity contribution in [3.8, 4) is 0 Å². The van der Waals surface area contributed by atoms with Crippen molar-refractivity contribution in [2.24, 2.45) is 5.73 Å². The number of nitrogens with two attached hydrogens (primary N) is 1. The Hall–Kier alpha value is 3.14. The molecule has 0 aliphatic carbocycles. The maximum atomic E-state index is 4.50. The Morgan fingerprint density at radius 3 is 1.33 bits per heavy atom. The minimum absolute atomic E-state index is 0. The van der Waals surface area contributed by atoms with Gasteiger partial charge in [0.2, 0.25) is 0 Å². The summed E-state index contributed by atoms with van der Waals surface area (Å²) in [5, 5.41) is 0. The van der Waals surface area contributed by atoms with Gasteiger partial charge in [-0.15, -0.1) is 0 Å². The number of hydrogen-bond donors (Lipinski definition) is 1. The Bertz CT molecular complexity index is 13.5. The topological polar surface area (TPSA) is 26.0 Å². The molecule has 1 nitrogen and oxygen atoms in total. The molecule has 0 rings (SSSR count). The first-order chi connectivity index (χ1) is 2.41. The maximum absolute atomic E-state index is 4.50. The summed E-state index contributed by atoms with van der Waals surface area (Å²) >= 11 is 4.96. The van der Waals surface area contributed by atoms with E-state index in [9.17, 15) is 0 Å². The monoisotopic (exact) mass is 613 g/mol. The molecule has 0 aliphatic rings. The molecule has 0 saturated carbocycles. The molecule has 0 aliphatic heterocycles. The van der Waals surface area contributed by atoms with Crippen molar-refractivity contribution in [3.63, 3.8) is 0 Å². The molecule has 6 heavy (non-hydrogen) atoms. The average molecular weight is 611 g/mol. The summed E-state index contributed by atoms with van der Waals surface area (Å²) in [5.74, 6) is 0. The first-order valence-electron chi connectivity index (χ1n) is 0.955. The Balaban J connectivity index is -0.0000000275. The molecule has 0 bridgehead atoms. The third-order valence-corrected chi connectivity index (χ3v) is 0. The van der Waals surface area contributed by atoms with Gasteiger partial charge in [0.25, 0.3) is 0 Å². The van der Waals surface area contributed by atoms with Crippen molar-refractivity contribution in [1.82, 2.24) is 0 Å². The van der Waals surface area contributed by atoms with Gasteiger partial charge in [0.1, 0.15) is 0 Å². The fourth-order valence-electron chi connectivity index (χ4n) is 0. The second kappa shape index (κ2) is 24.2. The van der Waals surface area contributed by atoms with Crippen molar-refractivity contribution in [2.45, 2.75) is 0 Å². The summed E-state index contributed by atoms with van der Waals surface area (Å²) in [6.07, 6.45) is 0. The zero-order valence-electron chi connectivity index (χ0n) is 3.33. The van der Waals surface area contributed by atoms with Crippen LogP contribution in [-0.2, 0) is 0 Å². The van der Waals surface area contributed by atoms with Crippen LogP contribution in [0.2, 0.25) is 0 Å². The van der Waals surface area contributed by atoms with E-state index in [1.807, 2.05) is 0 Å². The van der Waals surface area contributed by atoms with Crippen LogP contribution in [0, 0.1) is 0 Å². The van der Waals surface area contributed by atoms with Crippen molar-refractivity contribution >= 4 is 75.1 Å². The van der Waals surface area contributed by atoms with Crippen LogP contribution in [0.5, 0.6) is 0 Å². The van der Waals surface area contributed by atoms with Gasteiger partial charge < -0.3 is 5.73 Å². The second-order valence-corrected chi connectivity index (χ2v) is 28.2. The van der Waals surface area contributed by atoms with Gasteiger partial charge in [0, 0.05) is 23.9 Å². The molecule has 0 saturated heterocycles. The first-order valence-corrected chi connectivity index (χ1v) is 22.8. The van der Waals surface area contributed by atoms with Gasteiger partial charge in [-0.25, -0.2) is 0 Å². The molecular weight excluding hydrogens is 606 g/mol. The fourth-order valence-corrected chi connectivity index (χ4v) is 0. The van der Waals surface area contributed by atoms with E-state index in [0.29, 0.717) is 0 Å². The summed E-state index contributed by atoms with van der Waals surface area (Å²) in [6, 6.07) is 0. The zero-order chi connectivity index (χ0) is 4.71. The summed E-state index contributed by atoms with van der Waals surface area (Å²) in [5.41, 5.74) is 4.50. The molecule has 0 aromatic heterocycles. The maximum Gasteiger partial charge on any atom is 0 e. The molecule has 0 heterocycles. The molecule has 0 amide bonds. The second-order valence-electron chi connectivity index (χ2n) is 0.0714. The Morgan fingerprint density at radius 1 is 1.33 bits per heavy atom. The quantitative estimate of drug-likeness (QED) is 0.316. The van der Waals surface area contributed by atoms with E-state index in [4.69, 9.17) is 0 Å². The first kappa shape index (κ1) is 16.1. The normalized spacial score (nSPS) is 4.00. The molecule has 0 spiro atoms. The molecule has 6 radical (unpaired) electrons. The van der Waals surface area contributed by atoms with Crippen molar-refractivity contribution < 1.29 is 0 Å². The molecule has 0 atom stereocenters. The largest absolute Gasteiger partial charge is 0 e. The Labute approximate surface area is 85.6 Å². The zero-order valence-corrected chi connectivity index (χ0v) is 14.4. The third kappa shape index (κ3) is 27.3. The molecular formula is CH5I2NPbSn. The van der Waals surface area contributed by atoms with Gasteiger partial charge in [0.15, 0.2) is 0 Å². The van der Waals surface area contributed by atoms with Crippen molar-refractivity contribution in [2.75, 3.05) is 7.05 Å². The van der Waals surface area contributed by atoms with Gasteiger partial charge in [-0.1, -0.05) is 0 Å². The van der Waals surface area contributed by atoms with E-state index in [1.165, 1.54) is 7.05 Å². The van der Waals surface area contributed by atoms with Crippen LogP contribution in [0.3, 0.4) is 0 Å². The molecule has 0 aromatic carbocycles. The van der Waals surface area contributed by atoms with E-state index in [0.717, 1.165) is 0 Å². The molecule has 0 aromatic rings. The van der Waals surface area contributed by atoms with Crippen LogP contribution >= 0.6 is 35.5 Å². The van der Waals surface area contributed by atoms with Crippen LogP contribution in [0.25, 0.3) is 0 Å². The van der Waals surface area contributed by atoms with E-state index < -0.39 is 0 Å². The molecule has 5 heteroatoms. The standard InChI is InChI=1S/CH5N.2HI.Pb.Sn/c1-2;;;;/h2H2,1H3;2*1H;;/q;;;+2;/p-2. The predicted octanol–water partition coefficient (Wildman–Crippen LogP) is 0.585. The molecule has 36 valence electrons. The minimum Gasteiger partial charge on any atom is 0 e. The average Bonchev–Trinajstić information content (AvgIpc) is 1.46. The summed E-state index contributed by atoms with van der Waals surface area (Å²) in [4.78, 5) is 0. The van der Waals surface area contributed by atoms with E-state index in [-0.39, 0.29) is 39.6 Å². The van der Waals surface area contributed by atoms with Gasteiger partial charge in [-0.3, -0.25) is 0 Å². The predicted molar refractivity (Wildman–Crippen MR) is 49.7 cm³/mol.